The Hall–Kier alpha value is -2.43. The largest absolute Gasteiger partial charge is 0.356 e. The molecule has 0 spiro atoms. The smallest absolute Gasteiger partial charge is 0.254 e. The fourth-order valence-corrected chi connectivity index (χ4v) is 4.14. The van der Waals surface area contributed by atoms with E-state index in [-0.39, 0.29) is 0 Å². The van der Waals surface area contributed by atoms with E-state index < -0.39 is 0 Å². The molecule has 25 heavy (non-hydrogen) atoms. The van der Waals surface area contributed by atoms with E-state index in [9.17, 15) is 0 Å². The number of aromatic nitrogens is 4. The first-order valence-corrected chi connectivity index (χ1v) is 9.10. The van der Waals surface area contributed by atoms with Gasteiger partial charge in [0.1, 0.15) is 12.1 Å². The van der Waals surface area contributed by atoms with Crippen LogP contribution in [0.25, 0.3) is 5.78 Å². The number of hydrogen-bond acceptors (Lipinski definition) is 4. The topological polar surface area (TPSA) is 46.3 Å². The van der Waals surface area contributed by atoms with Gasteiger partial charge in [-0.05, 0) is 30.7 Å². The van der Waals surface area contributed by atoms with Gasteiger partial charge in [-0.25, -0.2) is 4.98 Å². The monoisotopic (exact) mass is 335 g/mol. The molecule has 1 aliphatic rings. The summed E-state index contributed by atoms with van der Waals surface area (Å²) >= 11 is 0. The molecule has 0 saturated carbocycles. The van der Waals surface area contributed by atoms with Gasteiger partial charge >= 0.3 is 0 Å². The van der Waals surface area contributed by atoms with Crippen molar-refractivity contribution in [1.82, 2.24) is 19.6 Å². The molecular formula is C20H25N5. The van der Waals surface area contributed by atoms with Crippen LogP contribution in [0.5, 0.6) is 0 Å². The Bertz CT molecular complexity index is 860. The highest BCUT2D eigenvalue weighted by Gasteiger charge is 2.27. The van der Waals surface area contributed by atoms with Gasteiger partial charge in [0.05, 0.1) is 0 Å². The van der Waals surface area contributed by atoms with Gasteiger partial charge in [0.25, 0.3) is 5.78 Å². The van der Waals surface area contributed by atoms with Gasteiger partial charge in [-0.3, -0.25) is 0 Å². The van der Waals surface area contributed by atoms with Gasteiger partial charge < -0.3 is 4.90 Å². The van der Waals surface area contributed by atoms with Gasteiger partial charge in [0, 0.05) is 30.8 Å². The molecule has 4 rings (SSSR count). The fraction of sp³-hybridized carbons (Fsp3) is 0.450. The molecule has 3 heterocycles. The molecule has 2 atom stereocenters. The highest BCUT2D eigenvalue weighted by atomic mass is 15.4. The Balaban J connectivity index is 1.84. The number of nitrogens with zero attached hydrogens (tertiary/aromatic N) is 5. The first-order valence-electron chi connectivity index (χ1n) is 9.10. The molecule has 130 valence electrons. The van der Waals surface area contributed by atoms with E-state index in [1.54, 1.807) is 6.33 Å². The lowest BCUT2D eigenvalue weighted by Crippen LogP contribution is -2.40. The van der Waals surface area contributed by atoms with Crippen molar-refractivity contribution in [3.8, 4) is 0 Å². The number of hydrogen-bond donors (Lipinski definition) is 0. The van der Waals surface area contributed by atoms with E-state index in [1.165, 1.54) is 23.4 Å². The minimum Gasteiger partial charge on any atom is -0.356 e. The standard InChI is InChI=1S/C20H25N5/c1-14-9-15(2)12-24(11-14)19-18(10-17-7-5-4-6-8-17)16(3)23-20-21-13-22-25(19)20/h4-8,13-15H,9-12H2,1-3H3/t14-,15+. The highest BCUT2D eigenvalue weighted by Crippen LogP contribution is 2.31. The summed E-state index contributed by atoms with van der Waals surface area (Å²) in [6.45, 7) is 8.89. The molecule has 0 amide bonds. The molecule has 1 aromatic carbocycles. The van der Waals surface area contributed by atoms with Crippen LogP contribution in [0.4, 0.5) is 5.82 Å². The second-order valence-corrected chi connectivity index (χ2v) is 7.48. The maximum atomic E-state index is 4.69. The maximum Gasteiger partial charge on any atom is 0.254 e. The van der Waals surface area contributed by atoms with Crippen LogP contribution in [0.1, 0.15) is 37.1 Å². The third-order valence-electron chi connectivity index (χ3n) is 5.10. The van der Waals surface area contributed by atoms with Crippen molar-refractivity contribution in [2.45, 2.75) is 33.6 Å². The first kappa shape index (κ1) is 16.1. The number of benzene rings is 1. The lowest BCUT2D eigenvalue weighted by molar-refractivity contribution is 0.353. The number of piperidine rings is 1. The summed E-state index contributed by atoms with van der Waals surface area (Å²) in [5, 5.41) is 4.49. The maximum absolute atomic E-state index is 4.69. The van der Waals surface area contributed by atoms with E-state index in [4.69, 9.17) is 0 Å². The van der Waals surface area contributed by atoms with E-state index in [0.29, 0.717) is 17.6 Å². The predicted octanol–water partition coefficient (Wildman–Crippen LogP) is 3.51. The SMILES string of the molecule is Cc1nc2ncnn2c(N2C[C@H](C)C[C@H](C)C2)c1Cc1ccccc1. The second-order valence-electron chi connectivity index (χ2n) is 7.48. The zero-order valence-corrected chi connectivity index (χ0v) is 15.2. The fourth-order valence-electron chi connectivity index (χ4n) is 4.14. The average molecular weight is 335 g/mol. The van der Waals surface area contributed by atoms with Crippen LogP contribution in [-0.2, 0) is 6.42 Å². The van der Waals surface area contributed by atoms with Crippen LogP contribution in [0.2, 0.25) is 0 Å². The second kappa shape index (κ2) is 6.47. The third-order valence-corrected chi connectivity index (χ3v) is 5.10. The summed E-state index contributed by atoms with van der Waals surface area (Å²) in [5.41, 5.74) is 3.60. The van der Waals surface area contributed by atoms with Crippen molar-refractivity contribution in [2.75, 3.05) is 18.0 Å². The number of anilines is 1. The van der Waals surface area contributed by atoms with Crippen molar-refractivity contribution in [1.29, 1.82) is 0 Å². The van der Waals surface area contributed by atoms with Gasteiger partial charge in [-0.15, -0.1) is 0 Å². The predicted molar refractivity (Wildman–Crippen MR) is 99.9 cm³/mol. The van der Waals surface area contributed by atoms with Crippen molar-refractivity contribution in [3.05, 3.63) is 53.5 Å². The molecule has 1 saturated heterocycles. The average Bonchev–Trinajstić information content (AvgIpc) is 3.03. The summed E-state index contributed by atoms with van der Waals surface area (Å²) in [7, 11) is 0. The molecule has 0 unspecified atom stereocenters. The minimum atomic E-state index is 0.681. The first-order chi connectivity index (χ1) is 12.1. The molecule has 1 fully saturated rings. The summed E-state index contributed by atoms with van der Waals surface area (Å²) in [6, 6.07) is 10.6. The molecule has 2 aromatic heterocycles. The number of aryl methyl sites for hydroxylation is 1. The lowest BCUT2D eigenvalue weighted by Gasteiger charge is -2.37. The van der Waals surface area contributed by atoms with Gasteiger partial charge in [0.2, 0.25) is 0 Å². The van der Waals surface area contributed by atoms with Crippen LogP contribution >= 0.6 is 0 Å². The van der Waals surface area contributed by atoms with E-state index in [2.05, 4.69) is 71.1 Å². The van der Waals surface area contributed by atoms with Crippen molar-refractivity contribution < 1.29 is 0 Å². The van der Waals surface area contributed by atoms with E-state index >= 15 is 0 Å². The zero-order chi connectivity index (χ0) is 17.4. The summed E-state index contributed by atoms with van der Waals surface area (Å²) in [4.78, 5) is 11.5. The van der Waals surface area contributed by atoms with Crippen molar-refractivity contribution >= 4 is 11.6 Å². The van der Waals surface area contributed by atoms with E-state index in [0.717, 1.165) is 25.2 Å². The molecular weight excluding hydrogens is 310 g/mol. The Labute approximate surface area is 148 Å². The normalized spacial score (nSPS) is 21.0. The Morgan fingerprint density at radius 2 is 1.80 bits per heavy atom. The van der Waals surface area contributed by atoms with Crippen LogP contribution in [-0.4, -0.2) is 32.7 Å². The van der Waals surface area contributed by atoms with Crippen LogP contribution in [0.15, 0.2) is 36.7 Å². The lowest BCUT2D eigenvalue weighted by atomic mass is 9.91. The molecule has 3 aromatic rings. The van der Waals surface area contributed by atoms with Crippen LogP contribution in [0, 0.1) is 18.8 Å². The Morgan fingerprint density at radius 3 is 2.52 bits per heavy atom. The van der Waals surface area contributed by atoms with Gasteiger partial charge in [-0.1, -0.05) is 44.2 Å². The van der Waals surface area contributed by atoms with Crippen LogP contribution in [0.3, 0.4) is 0 Å². The Morgan fingerprint density at radius 1 is 1.08 bits per heavy atom. The molecule has 0 aliphatic carbocycles. The molecule has 5 nitrogen and oxygen atoms in total. The molecule has 0 radical (unpaired) electrons. The zero-order valence-electron chi connectivity index (χ0n) is 15.2. The van der Waals surface area contributed by atoms with Crippen molar-refractivity contribution in [2.24, 2.45) is 11.8 Å². The highest BCUT2D eigenvalue weighted by molar-refractivity contribution is 5.56. The van der Waals surface area contributed by atoms with Crippen molar-refractivity contribution in [3.63, 3.8) is 0 Å². The Kier molecular flexibility index (Phi) is 4.15. The van der Waals surface area contributed by atoms with E-state index in [1.807, 2.05) is 4.52 Å². The third kappa shape index (κ3) is 3.11. The molecule has 0 bridgehead atoms. The molecule has 1 aliphatic heterocycles. The number of rotatable bonds is 3. The quantitative estimate of drug-likeness (QED) is 0.735. The summed E-state index contributed by atoms with van der Waals surface area (Å²) in [5.74, 6) is 3.22. The summed E-state index contributed by atoms with van der Waals surface area (Å²) in [6.07, 6.45) is 3.76. The number of fused-ring (bicyclic) bond motifs is 1. The van der Waals surface area contributed by atoms with Gasteiger partial charge in [0.15, 0.2) is 0 Å². The minimum absolute atomic E-state index is 0.681. The molecule has 0 N–H and O–H groups in total. The van der Waals surface area contributed by atoms with Gasteiger partial charge in [-0.2, -0.15) is 14.6 Å². The summed E-state index contributed by atoms with van der Waals surface area (Å²) < 4.78 is 1.93. The molecule has 5 heteroatoms. The van der Waals surface area contributed by atoms with Crippen LogP contribution < -0.4 is 4.90 Å².